The highest BCUT2D eigenvalue weighted by atomic mass is 14.9. The highest BCUT2D eigenvalue weighted by Crippen LogP contribution is 2.22. The Morgan fingerprint density at radius 3 is 3.17 bits per heavy atom. The molecule has 0 saturated heterocycles. The zero-order valence-corrected chi connectivity index (χ0v) is 7.14. The zero-order valence-electron chi connectivity index (χ0n) is 7.14. The van der Waals surface area contributed by atoms with Gasteiger partial charge in [0.2, 0.25) is 0 Å². The maximum atomic E-state index is 5.49. The van der Waals surface area contributed by atoms with Crippen LogP contribution in [0.2, 0.25) is 0 Å². The molecule has 2 heteroatoms. The quantitative estimate of drug-likeness (QED) is 0.684. The number of rotatable bonds is 2. The van der Waals surface area contributed by atoms with Crippen LogP contribution in [0.5, 0.6) is 0 Å². The van der Waals surface area contributed by atoms with Crippen molar-refractivity contribution in [2.24, 2.45) is 5.73 Å². The van der Waals surface area contributed by atoms with E-state index in [-0.39, 0.29) is 0 Å². The Kier molecular flexibility index (Phi) is 2.00. The SMILES string of the molecule is NCCc1ccc2c(c1)CCN2. The van der Waals surface area contributed by atoms with Crippen LogP contribution in [0.1, 0.15) is 11.1 Å². The first kappa shape index (κ1) is 7.62. The van der Waals surface area contributed by atoms with Gasteiger partial charge in [0.25, 0.3) is 0 Å². The maximum absolute atomic E-state index is 5.49. The Bertz CT molecular complexity index is 281. The molecule has 1 aromatic rings. The van der Waals surface area contributed by atoms with E-state index in [0.29, 0.717) is 0 Å². The molecule has 12 heavy (non-hydrogen) atoms. The summed E-state index contributed by atoms with van der Waals surface area (Å²) >= 11 is 0. The van der Waals surface area contributed by atoms with E-state index >= 15 is 0 Å². The summed E-state index contributed by atoms with van der Waals surface area (Å²) in [5.41, 5.74) is 9.60. The molecule has 0 radical (unpaired) electrons. The third-order valence-corrected chi connectivity index (χ3v) is 2.31. The average molecular weight is 162 g/mol. The minimum absolute atomic E-state index is 0.742. The molecule has 0 amide bonds. The predicted octanol–water partition coefficient (Wildman–Crippen LogP) is 1.16. The Morgan fingerprint density at radius 2 is 2.33 bits per heavy atom. The van der Waals surface area contributed by atoms with Gasteiger partial charge >= 0.3 is 0 Å². The van der Waals surface area contributed by atoms with E-state index in [4.69, 9.17) is 5.73 Å². The third-order valence-electron chi connectivity index (χ3n) is 2.31. The summed E-state index contributed by atoms with van der Waals surface area (Å²) in [6.07, 6.45) is 2.15. The van der Waals surface area contributed by atoms with Crippen LogP contribution in [0.4, 0.5) is 5.69 Å². The number of hydrogen-bond acceptors (Lipinski definition) is 2. The number of anilines is 1. The summed E-state index contributed by atoms with van der Waals surface area (Å²) in [7, 11) is 0. The standard InChI is InChI=1S/C10H14N2/c11-5-3-8-1-2-10-9(7-8)4-6-12-10/h1-2,7,12H,3-6,11H2. The zero-order chi connectivity index (χ0) is 8.39. The Hall–Kier alpha value is -1.02. The van der Waals surface area contributed by atoms with Crippen molar-refractivity contribution >= 4 is 5.69 Å². The van der Waals surface area contributed by atoms with Gasteiger partial charge < -0.3 is 11.1 Å². The molecule has 0 bridgehead atoms. The lowest BCUT2D eigenvalue weighted by atomic mass is 10.1. The highest BCUT2D eigenvalue weighted by molar-refractivity contribution is 5.56. The van der Waals surface area contributed by atoms with Crippen LogP contribution in [-0.4, -0.2) is 13.1 Å². The van der Waals surface area contributed by atoms with Crippen LogP contribution >= 0.6 is 0 Å². The largest absolute Gasteiger partial charge is 0.384 e. The van der Waals surface area contributed by atoms with Crippen molar-refractivity contribution in [1.29, 1.82) is 0 Å². The molecule has 0 atom stereocenters. The van der Waals surface area contributed by atoms with Gasteiger partial charge in [-0.25, -0.2) is 0 Å². The molecule has 0 unspecified atom stereocenters. The molecule has 1 aliphatic heterocycles. The van der Waals surface area contributed by atoms with E-state index in [0.717, 1.165) is 25.9 Å². The molecule has 3 N–H and O–H groups in total. The Labute approximate surface area is 72.8 Å². The van der Waals surface area contributed by atoms with Crippen molar-refractivity contribution in [3.63, 3.8) is 0 Å². The van der Waals surface area contributed by atoms with Gasteiger partial charge in [-0.1, -0.05) is 12.1 Å². The molecule has 1 aliphatic rings. The molecule has 64 valence electrons. The summed E-state index contributed by atoms with van der Waals surface area (Å²) in [6.45, 7) is 1.83. The molecule has 0 saturated carbocycles. The summed E-state index contributed by atoms with van der Waals surface area (Å²) in [5, 5.41) is 3.34. The summed E-state index contributed by atoms with van der Waals surface area (Å²) in [5.74, 6) is 0. The van der Waals surface area contributed by atoms with Gasteiger partial charge in [-0.3, -0.25) is 0 Å². The van der Waals surface area contributed by atoms with E-state index in [9.17, 15) is 0 Å². The Morgan fingerprint density at radius 1 is 1.42 bits per heavy atom. The molecule has 1 heterocycles. The number of hydrogen-bond donors (Lipinski definition) is 2. The van der Waals surface area contributed by atoms with Crippen molar-refractivity contribution in [3.05, 3.63) is 29.3 Å². The fraction of sp³-hybridized carbons (Fsp3) is 0.400. The van der Waals surface area contributed by atoms with Gasteiger partial charge in [0.15, 0.2) is 0 Å². The van der Waals surface area contributed by atoms with Gasteiger partial charge in [0.1, 0.15) is 0 Å². The monoisotopic (exact) mass is 162 g/mol. The second-order valence-electron chi connectivity index (χ2n) is 3.21. The van der Waals surface area contributed by atoms with Gasteiger partial charge in [0.05, 0.1) is 0 Å². The van der Waals surface area contributed by atoms with Crippen molar-refractivity contribution in [2.75, 3.05) is 18.4 Å². The van der Waals surface area contributed by atoms with Crippen LogP contribution in [0.3, 0.4) is 0 Å². The number of nitrogens with two attached hydrogens (primary N) is 1. The fourth-order valence-corrected chi connectivity index (χ4v) is 1.68. The number of nitrogens with one attached hydrogen (secondary N) is 1. The molecule has 1 aromatic carbocycles. The van der Waals surface area contributed by atoms with E-state index in [2.05, 4.69) is 23.5 Å². The second-order valence-corrected chi connectivity index (χ2v) is 3.21. The van der Waals surface area contributed by atoms with Crippen LogP contribution in [0.25, 0.3) is 0 Å². The molecule has 0 aliphatic carbocycles. The summed E-state index contributed by atoms with van der Waals surface area (Å²) in [4.78, 5) is 0. The minimum atomic E-state index is 0.742. The first-order valence-corrected chi connectivity index (χ1v) is 4.46. The summed E-state index contributed by atoms with van der Waals surface area (Å²) < 4.78 is 0. The molecule has 2 rings (SSSR count). The number of benzene rings is 1. The first-order chi connectivity index (χ1) is 5.90. The van der Waals surface area contributed by atoms with Crippen molar-refractivity contribution in [3.8, 4) is 0 Å². The molecule has 0 aromatic heterocycles. The second kappa shape index (κ2) is 3.15. The lowest BCUT2D eigenvalue weighted by Gasteiger charge is -2.02. The smallest absolute Gasteiger partial charge is 0.0373 e. The van der Waals surface area contributed by atoms with Gasteiger partial charge in [0, 0.05) is 12.2 Å². The third kappa shape index (κ3) is 1.30. The van der Waals surface area contributed by atoms with Crippen LogP contribution < -0.4 is 11.1 Å². The van der Waals surface area contributed by atoms with Crippen molar-refractivity contribution < 1.29 is 0 Å². The molecule has 0 spiro atoms. The van der Waals surface area contributed by atoms with Crippen LogP contribution in [0, 0.1) is 0 Å². The van der Waals surface area contributed by atoms with Gasteiger partial charge in [-0.15, -0.1) is 0 Å². The normalized spacial score (nSPS) is 14.1. The topological polar surface area (TPSA) is 38.0 Å². The maximum Gasteiger partial charge on any atom is 0.0373 e. The molecular weight excluding hydrogens is 148 g/mol. The lowest BCUT2D eigenvalue weighted by molar-refractivity contribution is 0.965. The fourth-order valence-electron chi connectivity index (χ4n) is 1.68. The minimum Gasteiger partial charge on any atom is -0.384 e. The Balaban J connectivity index is 2.26. The van der Waals surface area contributed by atoms with E-state index in [1.54, 1.807) is 0 Å². The van der Waals surface area contributed by atoms with E-state index in [1.165, 1.54) is 16.8 Å². The van der Waals surface area contributed by atoms with Gasteiger partial charge in [-0.2, -0.15) is 0 Å². The average Bonchev–Trinajstić information content (AvgIpc) is 2.51. The van der Waals surface area contributed by atoms with Crippen LogP contribution in [-0.2, 0) is 12.8 Å². The van der Waals surface area contributed by atoms with E-state index < -0.39 is 0 Å². The predicted molar refractivity (Wildman–Crippen MR) is 51.4 cm³/mol. The lowest BCUT2D eigenvalue weighted by Crippen LogP contribution is -2.02. The highest BCUT2D eigenvalue weighted by Gasteiger charge is 2.08. The number of fused-ring (bicyclic) bond motifs is 1. The van der Waals surface area contributed by atoms with Gasteiger partial charge in [-0.05, 0) is 36.6 Å². The van der Waals surface area contributed by atoms with Crippen molar-refractivity contribution in [2.45, 2.75) is 12.8 Å². The first-order valence-electron chi connectivity index (χ1n) is 4.46. The summed E-state index contributed by atoms with van der Waals surface area (Å²) in [6, 6.07) is 6.58. The van der Waals surface area contributed by atoms with Crippen molar-refractivity contribution in [1.82, 2.24) is 0 Å². The molecule has 2 nitrogen and oxygen atoms in total. The molecule has 0 fully saturated rings. The van der Waals surface area contributed by atoms with Crippen LogP contribution in [0.15, 0.2) is 18.2 Å². The van der Waals surface area contributed by atoms with E-state index in [1.807, 2.05) is 0 Å². The molecular formula is C10H14N2.